The monoisotopic (exact) mass is 313 g/mol. The van der Waals surface area contributed by atoms with Gasteiger partial charge in [0.25, 0.3) is 0 Å². The molecule has 0 saturated heterocycles. The Hall–Kier alpha value is -1.27. The average molecular weight is 314 g/mol. The van der Waals surface area contributed by atoms with Crippen LogP contribution in [0.5, 0.6) is 0 Å². The maximum Gasteiger partial charge on any atom is 0.323 e. The van der Waals surface area contributed by atoms with Crippen molar-refractivity contribution in [3.8, 4) is 0 Å². The van der Waals surface area contributed by atoms with E-state index in [1.807, 2.05) is 12.1 Å². The number of ether oxygens (including phenoxy) is 1. The van der Waals surface area contributed by atoms with Gasteiger partial charge in [-0.25, -0.2) is 4.79 Å². The van der Waals surface area contributed by atoms with Crippen molar-refractivity contribution >= 4 is 32.7 Å². The number of methoxy groups -OCH3 is 1. The van der Waals surface area contributed by atoms with Gasteiger partial charge in [-0.1, -0.05) is 6.92 Å². The first-order chi connectivity index (χ1) is 8.60. The molecule has 3 N–H and O–H groups in total. The molecule has 0 amide bonds. The maximum atomic E-state index is 11.2. The topological polar surface area (TPSA) is 69.9 Å². The van der Waals surface area contributed by atoms with Crippen LogP contribution in [0.4, 0.5) is 5.69 Å². The van der Waals surface area contributed by atoms with Gasteiger partial charge in [-0.05, 0) is 34.0 Å². The Bertz CT molecular complexity index is 591. The van der Waals surface area contributed by atoms with Crippen molar-refractivity contribution in [2.45, 2.75) is 6.92 Å². The molecule has 0 spiro atoms. The Balaban J connectivity index is 2.17. The van der Waals surface area contributed by atoms with E-state index in [1.165, 1.54) is 0 Å². The molecular formula is C12H16BrN3O2. The highest BCUT2D eigenvalue weighted by Gasteiger charge is 2.07. The number of anilines is 1. The smallest absolute Gasteiger partial charge is 0.323 e. The lowest BCUT2D eigenvalue weighted by Gasteiger charge is -2.13. The molecule has 0 saturated carbocycles. The number of hydrogen-bond acceptors (Lipinski definition) is 3. The second-order valence-corrected chi connectivity index (χ2v) is 5.25. The van der Waals surface area contributed by atoms with Crippen molar-refractivity contribution in [2.24, 2.45) is 5.92 Å². The van der Waals surface area contributed by atoms with Crippen molar-refractivity contribution in [1.29, 1.82) is 0 Å². The van der Waals surface area contributed by atoms with Gasteiger partial charge in [0.05, 0.1) is 23.3 Å². The first-order valence-electron chi connectivity index (χ1n) is 5.74. The maximum absolute atomic E-state index is 11.2. The van der Waals surface area contributed by atoms with E-state index in [2.05, 4.69) is 38.1 Å². The van der Waals surface area contributed by atoms with Crippen LogP contribution in [0.2, 0.25) is 0 Å². The Kier molecular flexibility index (Phi) is 4.08. The first kappa shape index (κ1) is 13.2. The van der Waals surface area contributed by atoms with Gasteiger partial charge in [-0.2, -0.15) is 0 Å². The summed E-state index contributed by atoms with van der Waals surface area (Å²) in [6.45, 7) is 3.64. The van der Waals surface area contributed by atoms with Gasteiger partial charge in [-0.3, -0.25) is 0 Å². The number of nitrogens with one attached hydrogen (secondary N) is 3. The van der Waals surface area contributed by atoms with Crippen molar-refractivity contribution in [3.63, 3.8) is 0 Å². The Morgan fingerprint density at radius 2 is 2.06 bits per heavy atom. The molecule has 2 aromatic rings. The van der Waals surface area contributed by atoms with E-state index in [1.54, 1.807) is 7.11 Å². The molecule has 1 heterocycles. The molecule has 6 heteroatoms. The highest BCUT2D eigenvalue weighted by Crippen LogP contribution is 2.26. The summed E-state index contributed by atoms with van der Waals surface area (Å²) in [7, 11) is 1.70. The minimum atomic E-state index is -0.193. The molecule has 18 heavy (non-hydrogen) atoms. The standard InChI is InChI=1S/C12H16BrN3O2/c1-7(6-18-2)5-14-9-4-11-10(3-8(9)13)15-12(17)16-11/h3-4,7,14H,5-6H2,1-2H3,(H2,15,16,17). The molecule has 98 valence electrons. The van der Waals surface area contributed by atoms with Crippen LogP contribution in [0.3, 0.4) is 0 Å². The zero-order valence-corrected chi connectivity index (χ0v) is 11.9. The highest BCUT2D eigenvalue weighted by molar-refractivity contribution is 9.10. The zero-order chi connectivity index (χ0) is 13.1. The largest absolute Gasteiger partial charge is 0.384 e. The zero-order valence-electron chi connectivity index (χ0n) is 10.3. The summed E-state index contributed by atoms with van der Waals surface area (Å²) in [5, 5.41) is 3.34. The molecule has 5 nitrogen and oxygen atoms in total. The molecule has 0 aliphatic rings. The second kappa shape index (κ2) is 5.58. The van der Waals surface area contributed by atoms with E-state index in [0.717, 1.165) is 27.7 Å². The number of aromatic nitrogens is 2. The molecule has 0 aliphatic carbocycles. The van der Waals surface area contributed by atoms with Crippen LogP contribution < -0.4 is 11.0 Å². The summed E-state index contributed by atoms with van der Waals surface area (Å²) in [4.78, 5) is 16.7. The van der Waals surface area contributed by atoms with Gasteiger partial charge in [0.2, 0.25) is 0 Å². The average Bonchev–Trinajstić information content (AvgIpc) is 2.65. The van der Waals surface area contributed by atoms with Gasteiger partial charge in [-0.15, -0.1) is 0 Å². The lowest BCUT2D eigenvalue weighted by atomic mass is 10.2. The van der Waals surface area contributed by atoms with Crippen LogP contribution >= 0.6 is 15.9 Å². The van der Waals surface area contributed by atoms with Gasteiger partial charge in [0.1, 0.15) is 0 Å². The third-order valence-electron chi connectivity index (χ3n) is 2.70. The summed E-state index contributed by atoms with van der Waals surface area (Å²) >= 11 is 3.49. The SMILES string of the molecule is COCC(C)CNc1cc2[nH]c(=O)[nH]c2cc1Br. The fourth-order valence-corrected chi connectivity index (χ4v) is 2.30. The molecule has 0 fully saturated rings. The Morgan fingerprint density at radius 3 is 2.72 bits per heavy atom. The van der Waals surface area contributed by atoms with Crippen LogP contribution in [-0.4, -0.2) is 30.2 Å². The number of imidazole rings is 1. The first-order valence-corrected chi connectivity index (χ1v) is 6.54. The summed E-state index contributed by atoms with van der Waals surface area (Å²) < 4.78 is 6.02. The molecule has 2 rings (SSSR count). The minimum absolute atomic E-state index is 0.193. The Morgan fingerprint density at radius 1 is 1.39 bits per heavy atom. The minimum Gasteiger partial charge on any atom is -0.384 e. The highest BCUT2D eigenvalue weighted by atomic mass is 79.9. The molecule has 1 aromatic heterocycles. The number of fused-ring (bicyclic) bond motifs is 1. The molecule has 0 aliphatic heterocycles. The number of hydrogen-bond donors (Lipinski definition) is 3. The lowest BCUT2D eigenvalue weighted by Crippen LogP contribution is -2.15. The fraction of sp³-hybridized carbons (Fsp3) is 0.417. The van der Waals surface area contributed by atoms with Gasteiger partial charge in [0.15, 0.2) is 0 Å². The number of benzene rings is 1. The second-order valence-electron chi connectivity index (χ2n) is 4.40. The van der Waals surface area contributed by atoms with Gasteiger partial charge >= 0.3 is 5.69 Å². The van der Waals surface area contributed by atoms with E-state index in [9.17, 15) is 4.79 Å². The number of aromatic amines is 2. The number of halogens is 1. The molecule has 1 unspecified atom stereocenters. The van der Waals surface area contributed by atoms with E-state index < -0.39 is 0 Å². The van der Waals surface area contributed by atoms with E-state index in [4.69, 9.17) is 4.74 Å². The van der Waals surface area contributed by atoms with Gasteiger partial charge < -0.3 is 20.0 Å². The van der Waals surface area contributed by atoms with Crippen LogP contribution in [0.1, 0.15) is 6.92 Å². The van der Waals surface area contributed by atoms with Crippen molar-refractivity contribution < 1.29 is 4.74 Å². The predicted octanol–water partition coefficient (Wildman–Crippen LogP) is 2.31. The third-order valence-corrected chi connectivity index (χ3v) is 3.35. The summed E-state index contributed by atoms with van der Waals surface area (Å²) in [6.07, 6.45) is 0. The number of H-pyrrole nitrogens is 2. The van der Waals surface area contributed by atoms with Crippen LogP contribution in [0, 0.1) is 5.92 Å². The van der Waals surface area contributed by atoms with Gasteiger partial charge in [0, 0.05) is 18.1 Å². The van der Waals surface area contributed by atoms with Crippen LogP contribution in [-0.2, 0) is 4.74 Å². The third kappa shape index (κ3) is 2.94. The van der Waals surface area contributed by atoms with E-state index >= 15 is 0 Å². The number of rotatable bonds is 5. The summed E-state index contributed by atoms with van der Waals surface area (Å²) in [5.41, 5.74) is 2.36. The lowest BCUT2D eigenvalue weighted by molar-refractivity contribution is 0.164. The quantitative estimate of drug-likeness (QED) is 0.793. The molecular weight excluding hydrogens is 298 g/mol. The van der Waals surface area contributed by atoms with E-state index in [-0.39, 0.29) is 5.69 Å². The normalized spacial score (nSPS) is 12.8. The molecule has 0 radical (unpaired) electrons. The predicted molar refractivity (Wildman–Crippen MR) is 76.1 cm³/mol. The van der Waals surface area contributed by atoms with Crippen LogP contribution in [0.25, 0.3) is 11.0 Å². The van der Waals surface area contributed by atoms with Crippen LogP contribution in [0.15, 0.2) is 21.4 Å². The molecule has 1 aromatic carbocycles. The van der Waals surface area contributed by atoms with Crippen molar-refractivity contribution in [1.82, 2.24) is 9.97 Å². The summed E-state index contributed by atoms with van der Waals surface area (Å²) in [6, 6.07) is 3.80. The van der Waals surface area contributed by atoms with E-state index in [0.29, 0.717) is 12.5 Å². The summed E-state index contributed by atoms with van der Waals surface area (Å²) in [5.74, 6) is 0.419. The molecule has 0 bridgehead atoms. The van der Waals surface area contributed by atoms with Crippen molar-refractivity contribution in [3.05, 3.63) is 27.1 Å². The fourth-order valence-electron chi connectivity index (χ4n) is 1.82. The Labute approximate surface area is 113 Å². The van der Waals surface area contributed by atoms with Crippen molar-refractivity contribution in [2.75, 3.05) is 25.6 Å². The molecule has 1 atom stereocenters.